The smallest absolute Gasteiger partial charge is 0.251 e. The molecule has 1 aromatic carbocycles. The lowest BCUT2D eigenvalue weighted by Crippen LogP contribution is -2.37. The fraction of sp³-hybridized carbons (Fsp3) is 0.556. The number of hydrogen-bond donors (Lipinski definition) is 3. The molecule has 0 spiro atoms. The van der Waals surface area contributed by atoms with Gasteiger partial charge in [0.25, 0.3) is 5.91 Å². The summed E-state index contributed by atoms with van der Waals surface area (Å²) in [5.74, 6) is 0.669. The van der Waals surface area contributed by atoms with Gasteiger partial charge in [0.2, 0.25) is 0 Å². The van der Waals surface area contributed by atoms with Crippen LogP contribution in [-0.4, -0.2) is 58.4 Å². The minimum atomic E-state index is -0.0802. The normalized spacial score (nSPS) is 17.4. The van der Waals surface area contributed by atoms with Gasteiger partial charge in [0.15, 0.2) is 5.96 Å². The number of amides is 1. The SMILES string of the molecule is CN=C(NCCCOC1CCOC1)NCc1ccc(C(=O)NC)cc1. The zero-order valence-electron chi connectivity index (χ0n) is 15.0. The number of benzene rings is 1. The summed E-state index contributed by atoms with van der Waals surface area (Å²) in [7, 11) is 3.37. The molecule has 25 heavy (non-hydrogen) atoms. The number of rotatable bonds is 8. The summed E-state index contributed by atoms with van der Waals surface area (Å²) in [5, 5.41) is 9.14. The molecule has 1 aliphatic rings. The molecule has 0 aromatic heterocycles. The van der Waals surface area contributed by atoms with Crippen LogP contribution in [0.2, 0.25) is 0 Å². The molecular formula is C18H28N4O3. The third-order valence-corrected chi connectivity index (χ3v) is 3.98. The average Bonchev–Trinajstić information content (AvgIpc) is 3.17. The van der Waals surface area contributed by atoms with Crippen LogP contribution >= 0.6 is 0 Å². The lowest BCUT2D eigenvalue weighted by Gasteiger charge is -2.13. The zero-order valence-corrected chi connectivity index (χ0v) is 15.0. The van der Waals surface area contributed by atoms with E-state index in [4.69, 9.17) is 9.47 Å². The van der Waals surface area contributed by atoms with Crippen molar-refractivity contribution in [2.75, 3.05) is 40.5 Å². The van der Waals surface area contributed by atoms with Crippen LogP contribution < -0.4 is 16.0 Å². The van der Waals surface area contributed by atoms with E-state index >= 15 is 0 Å². The molecule has 1 atom stereocenters. The van der Waals surface area contributed by atoms with Crippen molar-refractivity contribution >= 4 is 11.9 Å². The van der Waals surface area contributed by atoms with Gasteiger partial charge in [-0.05, 0) is 30.5 Å². The van der Waals surface area contributed by atoms with Crippen molar-refractivity contribution in [1.82, 2.24) is 16.0 Å². The predicted molar refractivity (Wildman–Crippen MR) is 97.8 cm³/mol. The van der Waals surface area contributed by atoms with E-state index in [2.05, 4.69) is 20.9 Å². The van der Waals surface area contributed by atoms with Crippen LogP contribution in [0.5, 0.6) is 0 Å². The van der Waals surface area contributed by atoms with Gasteiger partial charge in [-0.25, -0.2) is 0 Å². The van der Waals surface area contributed by atoms with E-state index in [1.165, 1.54) is 0 Å². The Labute approximate surface area is 149 Å². The molecule has 1 unspecified atom stereocenters. The molecule has 0 bridgehead atoms. The van der Waals surface area contributed by atoms with Crippen molar-refractivity contribution in [1.29, 1.82) is 0 Å². The van der Waals surface area contributed by atoms with Crippen LogP contribution in [0.1, 0.15) is 28.8 Å². The fourth-order valence-electron chi connectivity index (χ4n) is 2.50. The Morgan fingerprint density at radius 3 is 2.76 bits per heavy atom. The first-order valence-electron chi connectivity index (χ1n) is 8.68. The van der Waals surface area contributed by atoms with Crippen molar-refractivity contribution in [3.8, 4) is 0 Å². The molecule has 1 aromatic rings. The Hall–Kier alpha value is -2.12. The van der Waals surface area contributed by atoms with Crippen LogP contribution in [0.3, 0.4) is 0 Å². The Morgan fingerprint density at radius 2 is 2.12 bits per heavy atom. The molecule has 1 fully saturated rings. The first-order chi connectivity index (χ1) is 12.2. The Morgan fingerprint density at radius 1 is 1.32 bits per heavy atom. The molecule has 0 saturated carbocycles. The molecule has 3 N–H and O–H groups in total. The topological polar surface area (TPSA) is 84.0 Å². The highest BCUT2D eigenvalue weighted by Gasteiger charge is 2.15. The van der Waals surface area contributed by atoms with E-state index in [0.29, 0.717) is 12.1 Å². The summed E-state index contributed by atoms with van der Waals surface area (Å²) in [4.78, 5) is 15.7. The van der Waals surface area contributed by atoms with E-state index < -0.39 is 0 Å². The number of hydrogen-bond acceptors (Lipinski definition) is 4. The number of ether oxygens (including phenoxy) is 2. The lowest BCUT2D eigenvalue weighted by atomic mass is 10.1. The van der Waals surface area contributed by atoms with Crippen molar-refractivity contribution in [2.45, 2.75) is 25.5 Å². The van der Waals surface area contributed by atoms with Crippen molar-refractivity contribution in [2.24, 2.45) is 4.99 Å². The van der Waals surface area contributed by atoms with Crippen LogP contribution in [-0.2, 0) is 16.0 Å². The van der Waals surface area contributed by atoms with E-state index in [9.17, 15) is 4.79 Å². The zero-order chi connectivity index (χ0) is 17.9. The summed E-state index contributed by atoms with van der Waals surface area (Å²) in [6, 6.07) is 7.50. The van der Waals surface area contributed by atoms with Crippen LogP contribution in [0.25, 0.3) is 0 Å². The van der Waals surface area contributed by atoms with Gasteiger partial charge in [-0.3, -0.25) is 9.79 Å². The molecule has 0 radical (unpaired) electrons. The maximum atomic E-state index is 11.5. The number of carbonyl (C=O) groups excluding carboxylic acids is 1. The number of guanidine groups is 1. The number of nitrogens with one attached hydrogen (secondary N) is 3. The molecule has 7 heteroatoms. The summed E-state index contributed by atoms with van der Waals surface area (Å²) in [5.41, 5.74) is 1.74. The van der Waals surface area contributed by atoms with Crippen molar-refractivity contribution < 1.29 is 14.3 Å². The highest BCUT2D eigenvalue weighted by molar-refractivity contribution is 5.93. The van der Waals surface area contributed by atoms with Crippen molar-refractivity contribution in [3.63, 3.8) is 0 Å². The minimum absolute atomic E-state index is 0.0802. The van der Waals surface area contributed by atoms with Gasteiger partial charge >= 0.3 is 0 Å². The van der Waals surface area contributed by atoms with E-state index in [-0.39, 0.29) is 12.0 Å². The molecule has 1 heterocycles. The predicted octanol–water partition coefficient (Wildman–Crippen LogP) is 0.907. The van der Waals surface area contributed by atoms with Gasteiger partial charge in [-0.1, -0.05) is 12.1 Å². The number of carbonyl (C=O) groups is 1. The Kier molecular flexibility index (Phi) is 8.21. The first kappa shape index (κ1) is 19.2. The van der Waals surface area contributed by atoms with Crippen LogP contribution in [0.15, 0.2) is 29.3 Å². The van der Waals surface area contributed by atoms with Gasteiger partial charge in [0.05, 0.1) is 12.7 Å². The van der Waals surface area contributed by atoms with E-state index in [1.54, 1.807) is 14.1 Å². The molecular weight excluding hydrogens is 320 g/mol. The molecule has 2 rings (SSSR count). The van der Waals surface area contributed by atoms with Gasteiger partial charge in [-0.15, -0.1) is 0 Å². The van der Waals surface area contributed by atoms with Crippen LogP contribution in [0, 0.1) is 0 Å². The third-order valence-electron chi connectivity index (χ3n) is 3.98. The Balaban J connectivity index is 1.63. The van der Waals surface area contributed by atoms with E-state index in [1.807, 2.05) is 24.3 Å². The van der Waals surface area contributed by atoms with Gasteiger partial charge in [-0.2, -0.15) is 0 Å². The first-order valence-corrected chi connectivity index (χ1v) is 8.68. The summed E-state index contributed by atoms with van der Waals surface area (Å²) < 4.78 is 11.0. The second-order valence-electron chi connectivity index (χ2n) is 5.84. The number of nitrogens with zero attached hydrogens (tertiary/aromatic N) is 1. The highest BCUT2D eigenvalue weighted by atomic mass is 16.5. The molecule has 1 aliphatic heterocycles. The second-order valence-corrected chi connectivity index (χ2v) is 5.84. The molecule has 138 valence electrons. The van der Waals surface area contributed by atoms with Gasteiger partial charge in [0.1, 0.15) is 0 Å². The molecule has 0 aliphatic carbocycles. The minimum Gasteiger partial charge on any atom is -0.379 e. The summed E-state index contributed by atoms with van der Waals surface area (Å²) >= 11 is 0. The van der Waals surface area contributed by atoms with Gasteiger partial charge in [0, 0.05) is 46.0 Å². The maximum absolute atomic E-state index is 11.5. The largest absolute Gasteiger partial charge is 0.379 e. The number of aliphatic imine (C=N–C) groups is 1. The second kappa shape index (κ2) is 10.7. The quantitative estimate of drug-likeness (QED) is 0.369. The van der Waals surface area contributed by atoms with Crippen LogP contribution in [0.4, 0.5) is 0 Å². The fourth-order valence-corrected chi connectivity index (χ4v) is 2.50. The van der Waals surface area contributed by atoms with E-state index in [0.717, 1.165) is 50.7 Å². The molecule has 1 amide bonds. The Bertz CT molecular complexity index is 554. The highest BCUT2D eigenvalue weighted by Crippen LogP contribution is 2.08. The monoisotopic (exact) mass is 348 g/mol. The van der Waals surface area contributed by atoms with Crippen molar-refractivity contribution in [3.05, 3.63) is 35.4 Å². The molecule has 7 nitrogen and oxygen atoms in total. The average molecular weight is 348 g/mol. The maximum Gasteiger partial charge on any atom is 0.251 e. The molecule has 1 saturated heterocycles. The lowest BCUT2D eigenvalue weighted by molar-refractivity contribution is 0.0420. The third kappa shape index (κ3) is 6.72. The standard InChI is InChI=1S/C18H28N4O3/c1-19-17(23)15-6-4-14(5-7-15)12-22-18(20-2)21-9-3-10-25-16-8-11-24-13-16/h4-7,16H,3,8-13H2,1-2H3,(H,19,23)(H2,20,21,22). The summed E-state index contributed by atoms with van der Waals surface area (Å²) in [6.07, 6.45) is 2.17. The van der Waals surface area contributed by atoms with Gasteiger partial charge < -0.3 is 25.4 Å². The summed E-state index contributed by atoms with van der Waals surface area (Å²) in [6.45, 7) is 3.68.